The van der Waals surface area contributed by atoms with Crippen molar-refractivity contribution in [3.63, 3.8) is 0 Å². The molecule has 1 heterocycles. The molecule has 0 aliphatic carbocycles. The van der Waals surface area contributed by atoms with E-state index in [-0.39, 0.29) is 5.91 Å². The van der Waals surface area contributed by atoms with Gasteiger partial charge in [-0.2, -0.15) is 0 Å². The Morgan fingerprint density at radius 2 is 1.62 bits per heavy atom. The number of hydrogen-bond acceptors (Lipinski definition) is 4. The molecular weight excluding hydrogens is 448 g/mol. The predicted octanol–water partition coefficient (Wildman–Crippen LogP) is 5.67. The SMILES string of the molecule is COc1ccc(CN2CCC(c3ccc(CNC(=O)c4ccccc4Cl)cc3)CC2)cc1OC. The van der Waals surface area contributed by atoms with E-state index in [2.05, 4.69) is 46.6 Å². The maximum Gasteiger partial charge on any atom is 0.253 e. The van der Waals surface area contributed by atoms with Gasteiger partial charge in [0.1, 0.15) is 0 Å². The summed E-state index contributed by atoms with van der Waals surface area (Å²) in [5, 5.41) is 3.42. The molecule has 0 atom stereocenters. The smallest absolute Gasteiger partial charge is 0.253 e. The number of nitrogens with one attached hydrogen (secondary N) is 1. The van der Waals surface area contributed by atoms with Crippen LogP contribution in [-0.4, -0.2) is 38.1 Å². The Bertz CT molecular complexity index is 1110. The van der Waals surface area contributed by atoms with Crippen molar-refractivity contribution in [1.29, 1.82) is 0 Å². The lowest BCUT2D eigenvalue weighted by atomic mass is 9.89. The highest BCUT2D eigenvalue weighted by Gasteiger charge is 2.21. The van der Waals surface area contributed by atoms with Crippen LogP contribution in [0.4, 0.5) is 0 Å². The Kier molecular flexibility index (Phi) is 8.09. The van der Waals surface area contributed by atoms with E-state index < -0.39 is 0 Å². The first-order valence-electron chi connectivity index (χ1n) is 11.6. The van der Waals surface area contributed by atoms with Gasteiger partial charge in [0, 0.05) is 13.1 Å². The number of halogens is 1. The Labute approximate surface area is 206 Å². The van der Waals surface area contributed by atoms with Crippen LogP contribution in [0.1, 0.15) is 45.8 Å². The number of methoxy groups -OCH3 is 2. The Balaban J connectivity index is 1.27. The lowest BCUT2D eigenvalue weighted by Gasteiger charge is -2.32. The fourth-order valence-corrected chi connectivity index (χ4v) is 4.71. The third-order valence-corrected chi connectivity index (χ3v) is 6.79. The molecule has 1 aliphatic heterocycles. The summed E-state index contributed by atoms with van der Waals surface area (Å²) in [6.07, 6.45) is 2.27. The Hall–Kier alpha value is -3.02. The van der Waals surface area contributed by atoms with Gasteiger partial charge in [0.05, 0.1) is 24.8 Å². The Morgan fingerprint density at radius 1 is 0.941 bits per heavy atom. The normalized spacial score (nSPS) is 14.6. The van der Waals surface area contributed by atoms with Crippen LogP contribution < -0.4 is 14.8 Å². The zero-order chi connectivity index (χ0) is 23.9. The fourth-order valence-electron chi connectivity index (χ4n) is 4.49. The lowest BCUT2D eigenvalue weighted by Crippen LogP contribution is -2.32. The van der Waals surface area contributed by atoms with Crippen molar-refractivity contribution in [1.82, 2.24) is 10.2 Å². The molecule has 34 heavy (non-hydrogen) atoms. The second-order valence-electron chi connectivity index (χ2n) is 8.64. The topological polar surface area (TPSA) is 50.8 Å². The van der Waals surface area contributed by atoms with Gasteiger partial charge < -0.3 is 14.8 Å². The average molecular weight is 479 g/mol. The van der Waals surface area contributed by atoms with E-state index in [0.717, 1.165) is 49.5 Å². The molecule has 0 radical (unpaired) electrons. The third-order valence-electron chi connectivity index (χ3n) is 6.46. The monoisotopic (exact) mass is 478 g/mol. The summed E-state index contributed by atoms with van der Waals surface area (Å²) in [5.74, 6) is 1.94. The van der Waals surface area contributed by atoms with Crippen LogP contribution in [0.3, 0.4) is 0 Å². The van der Waals surface area contributed by atoms with Crippen molar-refractivity contribution in [2.45, 2.75) is 31.8 Å². The zero-order valence-electron chi connectivity index (χ0n) is 19.7. The highest BCUT2D eigenvalue weighted by molar-refractivity contribution is 6.33. The largest absolute Gasteiger partial charge is 0.493 e. The third kappa shape index (κ3) is 5.91. The summed E-state index contributed by atoms with van der Waals surface area (Å²) in [5.41, 5.74) is 4.18. The highest BCUT2D eigenvalue weighted by Crippen LogP contribution is 2.31. The van der Waals surface area contributed by atoms with Crippen molar-refractivity contribution < 1.29 is 14.3 Å². The minimum Gasteiger partial charge on any atom is -0.493 e. The van der Waals surface area contributed by atoms with E-state index in [4.69, 9.17) is 21.1 Å². The molecule has 4 rings (SSSR count). The summed E-state index contributed by atoms with van der Waals surface area (Å²) in [6.45, 7) is 3.52. The predicted molar refractivity (Wildman–Crippen MR) is 136 cm³/mol. The zero-order valence-corrected chi connectivity index (χ0v) is 20.5. The second kappa shape index (κ2) is 11.4. The van der Waals surface area contributed by atoms with E-state index in [1.54, 1.807) is 26.4 Å². The molecule has 1 N–H and O–H groups in total. The lowest BCUT2D eigenvalue weighted by molar-refractivity contribution is 0.0951. The van der Waals surface area contributed by atoms with Crippen LogP contribution in [0.2, 0.25) is 5.02 Å². The second-order valence-corrected chi connectivity index (χ2v) is 9.05. The molecule has 0 saturated carbocycles. The molecule has 0 unspecified atom stereocenters. The molecule has 3 aromatic carbocycles. The molecule has 1 amide bonds. The standard InChI is InChI=1S/C28H31ClN2O3/c1-33-26-12-9-21(17-27(26)34-2)19-31-15-13-23(14-16-31)22-10-7-20(8-11-22)18-30-28(32)24-5-3-4-6-25(24)29/h3-12,17,23H,13-16,18-19H2,1-2H3,(H,30,32). The van der Waals surface area contributed by atoms with E-state index in [9.17, 15) is 4.79 Å². The van der Waals surface area contributed by atoms with Crippen LogP contribution in [0.15, 0.2) is 66.7 Å². The molecule has 1 saturated heterocycles. The first-order valence-corrected chi connectivity index (χ1v) is 12.0. The number of likely N-dealkylation sites (tertiary alicyclic amines) is 1. The fraction of sp³-hybridized carbons (Fsp3) is 0.321. The molecule has 178 valence electrons. The number of piperidine rings is 1. The van der Waals surface area contributed by atoms with Crippen molar-refractivity contribution >= 4 is 17.5 Å². The van der Waals surface area contributed by atoms with Crippen LogP contribution in [0.5, 0.6) is 11.5 Å². The number of ether oxygens (including phenoxy) is 2. The summed E-state index contributed by atoms with van der Waals surface area (Å²) in [7, 11) is 3.33. The number of carbonyl (C=O) groups excluding carboxylic acids is 1. The van der Waals surface area contributed by atoms with E-state index in [0.29, 0.717) is 23.0 Å². The molecule has 1 aliphatic rings. The number of benzene rings is 3. The van der Waals surface area contributed by atoms with Crippen LogP contribution in [0, 0.1) is 0 Å². The molecule has 0 bridgehead atoms. The molecule has 3 aromatic rings. The molecule has 0 aromatic heterocycles. The number of amides is 1. The number of nitrogens with zero attached hydrogens (tertiary/aromatic N) is 1. The number of carbonyl (C=O) groups is 1. The minimum absolute atomic E-state index is 0.156. The van der Waals surface area contributed by atoms with E-state index in [1.807, 2.05) is 18.2 Å². The van der Waals surface area contributed by atoms with Gasteiger partial charge >= 0.3 is 0 Å². The first-order chi connectivity index (χ1) is 16.6. The molecule has 5 nitrogen and oxygen atoms in total. The summed E-state index contributed by atoms with van der Waals surface area (Å²) >= 11 is 6.11. The minimum atomic E-state index is -0.156. The van der Waals surface area contributed by atoms with Crippen molar-refractivity contribution in [3.8, 4) is 11.5 Å². The van der Waals surface area contributed by atoms with Gasteiger partial charge in [-0.1, -0.05) is 54.1 Å². The van der Waals surface area contributed by atoms with E-state index >= 15 is 0 Å². The Morgan fingerprint density at radius 3 is 2.29 bits per heavy atom. The van der Waals surface area contributed by atoms with Gasteiger partial charge in [-0.25, -0.2) is 0 Å². The molecular formula is C28H31ClN2O3. The summed E-state index contributed by atoms with van der Waals surface area (Å²) < 4.78 is 10.8. The van der Waals surface area contributed by atoms with Gasteiger partial charge in [-0.3, -0.25) is 9.69 Å². The van der Waals surface area contributed by atoms with Crippen molar-refractivity contribution in [2.75, 3.05) is 27.3 Å². The highest BCUT2D eigenvalue weighted by atomic mass is 35.5. The molecule has 6 heteroatoms. The van der Waals surface area contributed by atoms with Gasteiger partial charge in [-0.05, 0) is 72.8 Å². The average Bonchev–Trinajstić information content (AvgIpc) is 2.88. The summed E-state index contributed by atoms with van der Waals surface area (Å²) in [6, 6.07) is 21.9. The molecule has 0 spiro atoms. The van der Waals surface area contributed by atoms with Crippen LogP contribution in [0.25, 0.3) is 0 Å². The first kappa shape index (κ1) is 24.1. The summed E-state index contributed by atoms with van der Waals surface area (Å²) in [4.78, 5) is 14.9. The van der Waals surface area contributed by atoms with Gasteiger partial charge in [0.25, 0.3) is 5.91 Å². The van der Waals surface area contributed by atoms with E-state index in [1.165, 1.54) is 11.1 Å². The van der Waals surface area contributed by atoms with Gasteiger partial charge in [0.2, 0.25) is 0 Å². The van der Waals surface area contributed by atoms with Crippen LogP contribution in [-0.2, 0) is 13.1 Å². The van der Waals surface area contributed by atoms with Crippen molar-refractivity contribution in [3.05, 3.63) is 94.0 Å². The number of hydrogen-bond donors (Lipinski definition) is 1. The van der Waals surface area contributed by atoms with Gasteiger partial charge in [0.15, 0.2) is 11.5 Å². The molecule has 1 fully saturated rings. The quantitative estimate of drug-likeness (QED) is 0.453. The van der Waals surface area contributed by atoms with Crippen LogP contribution >= 0.6 is 11.6 Å². The number of rotatable bonds is 8. The maximum absolute atomic E-state index is 12.4. The van der Waals surface area contributed by atoms with Crippen molar-refractivity contribution in [2.24, 2.45) is 0 Å². The maximum atomic E-state index is 12.4. The van der Waals surface area contributed by atoms with Gasteiger partial charge in [-0.15, -0.1) is 0 Å².